The molecule has 0 saturated carbocycles. The zero-order valence-corrected chi connectivity index (χ0v) is 12.1. The van der Waals surface area contributed by atoms with Crippen LogP contribution in [0.1, 0.15) is 38.7 Å². The Bertz CT molecular complexity index is 461. The number of rotatable bonds is 7. The van der Waals surface area contributed by atoms with Crippen LogP contribution in [0.5, 0.6) is 0 Å². The smallest absolute Gasteiger partial charge is 0.250 e. The molecule has 0 aliphatic rings. The van der Waals surface area contributed by atoms with Crippen molar-refractivity contribution in [2.24, 2.45) is 5.92 Å². The molecule has 0 unspecified atom stereocenters. The average Bonchev–Trinajstić information content (AvgIpc) is 2.38. The van der Waals surface area contributed by atoms with E-state index in [0.29, 0.717) is 13.1 Å². The van der Waals surface area contributed by atoms with Crippen LogP contribution >= 0.6 is 0 Å². The molecule has 0 bridgehead atoms. The second-order valence-corrected chi connectivity index (χ2v) is 4.89. The van der Waals surface area contributed by atoms with E-state index < -0.39 is 0 Å². The lowest BCUT2D eigenvalue weighted by Gasteiger charge is -2.13. The third-order valence-corrected chi connectivity index (χ3v) is 3.38. The van der Waals surface area contributed by atoms with Crippen molar-refractivity contribution in [3.8, 4) is 0 Å². The van der Waals surface area contributed by atoms with Gasteiger partial charge in [0, 0.05) is 31.3 Å². The van der Waals surface area contributed by atoms with Gasteiger partial charge in [-0.1, -0.05) is 13.8 Å². The van der Waals surface area contributed by atoms with Gasteiger partial charge in [-0.3, -0.25) is 9.59 Å². The summed E-state index contributed by atoms with van der Waals surface area (Å²) < 4.78 is 1.68. The molecule has 0 fully saturated rings. The van der Waals surface area contributed by atoms with Crippen molar-refractivity contribution in [1.29, 1.82) is 0 Å². The van der Waals surface area contributed by atoms with Crippen molar-refractivity contribution < 1.29 is 4.79 Å². The van der Waals surface area contributed by atoms with Crippen molar-refractivity contribution in [2.75, 3.05) is 6.54 Å². The summed E-state index contributed by atoms with van der Waals surface area (Å²) >= 11 is 0. The molecule has 4 heteroatoms. The monoisotopic (exact) mass is 264 g/mol. The van der Waals surface area contributed by atoms with Crippen LogP contribution in [0.15, 0.2) is 23.1 Å². The van der Waals surface area contributed by atoms with Crippen LogP contribution in [-0.4, -0.2) is 17.0 Å². The minimum atomic E-state index is 0.0197. The van der Waals surface area contributed by atoms with E-state index >= 15 is 0 Å². The number of nitrogens with zero attached hydrogens (tertiary/aromatic N) is 1. The van der Waals surface area contributed by atoms with Crippen LogP contribution in [0.4, 0.5) is 0 Å². The molecule has 4 nitrogen and oxygen atoms in total. The molecule has 106 valence electrons. The van der Waals surface area contributed by atoms with E-state index in [2.05, 4.69) is 5.32 Å². The number of aromatic nitrogens is 1. The lowest BCUT2D eigenvalue weighted by molar-refractivity contribution is -0.125. The Balaban J connectivity index is 2.35. The number of aryl methyl sites for hydroxylation is 2. The molecule has 19 heavy (non-hydrogen) atoms. The van der Waals surface area contributed by atoms with Gasteiger partial charge in [-0.15, -0.1) is 0 Å². The Hall–Kier alpha value is -1.58. The standard InChI is InChI=1S/C15H24N2O2/c1-4-13(5-2)15(19)16-8-6-9-17-10-7-12(3)11-14(17)18/h7,10-11,13H,4-6,8-9H2,1-3H3,(H,16,19). The maximum Gasteiger partial charge on any atom is 0.250 e. The fourth-order valence-electron chi connectivity index (χ4n) is 2.06. The summed E-state index contributed by atoms with van der Waals surface area (Å²) in [5.74, 6) is 0.239. The Morgan fingerprint density at radius 1 is 1.37 bits per heavy atom. The molecule has 1 N–H and O–H groups in total. The van der Waals surface area contributed by atoms with E-state index in [1.807, 2.05) is 26.8 Å². The molecule has 0 aliphatic heterocycles. The van der Waals surface area contributed by atoms with Gasteiger partial charge in [-0.05, 0) is 37.8 Å². The maximum atomic E-state index is 11.7. The highest BCUT2D eigenvalue weighted by atomic mass is 16.2. The van der Waals surface area contributed by atoms with E-state index in [-0.39, 0.29) is 17.4 Å². The minimum absolute atomic E-state index is 0.0197. The molecule has 0 atom stereocenters. The molecule has 1 rings (SSSR count). The SMILES string of the molecule is CCC(CC)C(=O)NCCCn1ccc(C)cc1=O. The molecule has 0 saturated heterocycles. The van der Waals surface area contributed by atoms with Crippen LogP contribution in [0.3, 0.4) is 0 Å². The number of carbonyl (C=O) groups is 1. The summed E-state index contributed by atoms with van der Waals surface area (Å²) in [6, 6.07) is 3.55. The third-order valence-electron chi connectivity index (χ3n) is 3.38. The van der Waals surface area contributed by atoms with Crippen LogP contribution < -0.4 is 10.9 Å². The highest BCUT2D eigenvalue weighted by molar-refractivity contribution is 5.78. The van der Waals surface area contributed by atoms with E-state index in [4.69, 9.17) is 0 Å². The maximum absolute atomic E-state index is 11.7. The third kappa shape index (κ3) is 4.89. The Morgan fingerprint density at radius 3 is 2.63 bits per heavy atom. The Morgan fingerprint density at radius 2 is 2.05 bits per heavy atom. The number of amides is 1. The largest absolute Gasteiger partial charge is 0.356 e. The minimum Gasteiger partial charge on any atom is -0.356 e. The van der Waals surface area contributed by atoms with Crippen LogP contribution in [-0.2, 0) is 11.3 Å². The first kappa shape index (κ1) is 15.5. The van der Waals surface area contributed by atoms with Gasteiger partial charge in [-0.25, -0.2) is 0 Å². The molecule has 0 radical (unpaired) electrons. The van der Waals surface area contributed by atoms with E-state index in [9.17, 15) is 9.59 Å². The highest BCUT2D eigenvalue weighted by Gasteiger charge is 2.12. The zero-order valence-electron chi connectivity index (χ0n) is 12.1. The first-order valence-electron chi connectivity index (χ1n) is 7.03. The fourth-order valence-corrected chi connectivity index (χ4v) is 2.06. The second kappa shape index (κ2) is 7.77. The van der Waals surface area contributed by atoms with Crippen molar-refractivity contribution in [1.82, 2.24) is 9.88 Å². The number of hydrogen-bond acceptors (Lipinski definition) is 2. The Kier molecular flexibility index (Phi) is 6.33. The second-order valence-electron chi connectivity index (χ2n) is 4.89. The van der Waals surface area contributed by atoms with Crippen LogP contribution in [0.25, 0.3) is 0 Å². The molecule has 0 spiro atoms. The summed E-state index contributed by atoms with van der Waals surface area (Å²) in [4.78, 5) is 23.4. The molecule has 1 amide bonds. The quantitative estimate of drug-likeness (QED) is 0.767. The predicted molar refractivity (Wildman–Crippen MR) is 77.1 cm³/mol. The van der Waals surface area contributed by atoms with Gasteiger partial charge in [-0.2, -0.15) is 0 Å². The van der Waals surface area contributed by atoms with Gasteiger partial charge in [0.2, 0.25) is 5.91 Å². The van der Waals surface area contributed by atoms with Gasteiger partial charge in [0.25, 0.3) is 5.56 Å². The number of hydrogen-bond donors (Lipinski definition) is 1. The molecule has 0 aliphatic carbocycles. The van der Waals surface area contributed by atoms with Gasteiger partial charge < -0.3 is 9.88 Å². The van der Waals surface area contributed by atoms with Crippen LogP contribution in [0, 0.1) is 12.8 Å². The van der Waals surface area contributed by atoms with Crippen LogP contribution in [0.2, 0.25) is 0 Å². The summed E-state index contributed by atoms with van der Waals surface area (Å²) in [7, 11) is 0. The van der Waals surface area contributed by atoms with Crippen molar-refractivity contribution in [3.05, 3.63) is 34.2 Å². The first-order valence-corrected chi connectivity index (χ1v) is 7.03. The van der Waals surface area contributed by atoms with E-state index in [0.717, 1.165) is 24.8 Å². The van der Waals surface area contributed by atoms with Gasteiger partial charge in [0.15, 0.2) is 0 Å². The summed E-state index contributed by atoms with van der Waals surface area (Å²) in [6.45, 7) is 7.22. The molecular formula is C15H24N2O2. The van der Waals surface area contributed by atoms with Gasteiger partial charge >= 0.3 is 0 Å². The van der Waals surface area contributed by atoms with Crippen molar-refractivity contribution in [3.63, 3.8) is 0 Å². The average molecular weight is 264 g/mol. The van der Waals surface area contributed by atoms with Gasteiger partial charge in [0.05, 0.1) is 0 Å². The number of nitrogens with one attached hydrogen (secondary N) is 1. The van der Waals surface area contributed by atoms with E-state index in [1.54, 1.807) is 16.8 Å². The van der Waals surface area contributed by atoms with Gasteiger partial charge in [0.1, 0.15) is 0 Å². The number of pyridine rings is 1. The summed E-state index contributed by atoms with van der Waals surface area (Å²) in [5.41, 5.74) is 0.995. The number of carbonyl (C=O) groups excluding carboxylic acids is 1. The summed E-state index contributed by atoms with van der Waals surface area (Å²) in [5, 5.41) is 2.93. The molecule has 1 aromatic heterocycles. The van der Waals surface area contributed by atoms with Crippen molar-refractivity contribution >= 4 is 5.91 Å². The topological polar surface area (TPSA) is 51.1 Å². The van der Waals surface area contributed by atoms with Crippen molar-refractivity contribution in [2.45, 2.75) is 46.6 Å². The lowest BCUT2D eigenvalue weighted by atomic mass is 10.0. The zero-order chi connectivity index (χ0) is 14.3. The molecular weight excluding hydrogens is 240 g/mol. The summed E-state index contributed by atoms with van der Waals surface area (Å²) in [6.07, 6.45) is 4.33. The molecule has 1 heterocycles. The molecule has 1 aromatic rings. The lowest BCUT2D eigenvalue weighted by Crippen LogP contribution is -2.31. The fraction of sp³-hybridized carbons (Fsp3) is 0.600. The Labute approximate surface area is 114 Å². The van der Waals surface area contributed by atoms with E-state index in [1.165, 1.54) is 0 Å². The molecule has 0 aromatic carbocycles. The normalized spacial score (nSPS) is 10.7. The first-order chi connectivity index (χ1) is 9.08. The highest BCUT2D eigenvalue weighted by Crippen LogP contribution is 2.06. The predicted octanol–water partition coefficient (Wildman–Crippen LogP) is 2.10.